The second-order valence-electron chi connectivity index (χ2n) is 3.78. The summed E-state index contributed by atoms with van der Waals surface area (Å²) in [5.74, 6) is 0.119. The molecule has 0 spiro atoms. The summed E-state index contributed by atoms with van der Waals surface area (Å²) >= 11 is 0. The summed E-state index contributed by atoms with van der Waals surface area (Å²) in [6.45, 7) is -0.250. The first kappa shape index (κ1) is 15.7. The Kier molecular flexibility index (Phi) is 6.81. The largest absolute Gasteiger partial charge is 0.423 e. The van der Waals surface area contributed by atoms with E-state index in [-0.39, 0.29) is 13.2 Å². The Morgan fingerprint density at radius 2 is 1.65 bits per heavy atom. The van der Waals surface area contributed by atoms with E-state index in [9.17, 15) is 4.79 Å². The number of ether oxygens (including phenoxy) is 1. The number of para-hydroxylation sites is 1. The van der Waals surface area contributed by atoms with E-state index in [0.717, 1.165) is 0 Å². The molecule has 2 aromatic carbocycles. The number of aliphatic hydroxyl groups excluding tert-OH is 2. The molecule has 5 heteroatoms. The van der Waals surface area contributed by atoms with Crippen LogP contribution >= 0.6 is 0 Å². The topological polar surface area (TPSA) is 92.8 Å². The summed E-state index contributed by atoms with van der Waals surface area (Å²) in [6, 6.07) is 15.6. The molecule has 20 heavy (non-hydrogen) atoms. The highest BCUT2D eigenvalue weighted by Gasteiger charge is 2.07. The highest BCUT2D eigenvalue weighted by Crippen LogP contribution is 2.13. The molecule has 0 amide bonds. The normalized spacial score (nSPS) is 9.30. The zero-order valence-electron chi connectivity index (χ0n) is 10.9. The molecule has 0 aliphatic rings. The van der Waals surface area contributed by atoms with Crippen LogP contribution in [-0.4, -0.2) is 29.4 Å². The monoisotopic (exact) mass is 275 g/mol. The van der Waals surface area contributed by atoms with Crippen LogP contribution in [0.2, 0.25) is 0 Å². The Morgan fingerprint density at radius 1 is 1.00 bits per heavy atom. The molecular formula is C15H17NO4. The number of nitrogens with two attached hydrogens (primary N) is 1. The average molecular weight is 275 g/mol. The predicted octanol–water partition coefficient (Wildman–Crippen LogP) is 1.46. The maximum atomic E-state index is 11.7. The molecule has 0 aromatic heterocycles. The maximum absolute atomic E-state index is 11.7. The zero-order valence-corrected chi connectivity index (χ0v) is 10.9. The smallest absolute Gasteiger partial charge is 0.343 e. The van der Waals surface area contributed by atoms with Crippen LogP contribution in [-0.2, 0) is 0 Å². The van der Waals surface area contributed by atoms with Gasteiger partial charge in [0.15, 0.2) is 0 Å². The van der Waals surface area contributed by atoms with Crippen molar-refractivity contribution in [1.82, 2.24) is 0 Å². The lowest BCUT2D eigenvalue weighted by atomic mass is 10.2. The quantitative estimate of drug-likeness (QED) is 0.448. The molecule has 5 nitrogen and oxygen atoms in total. The minimum Gasteiger partial charge on any atom is -0.423 e. The minimum absolute atomic E-state index is 0.125. The Hall–Kier alpha value is -2.37. The van der Waals surface area contributed by atoms with Crippen molar-refractivity contribution >= 4 is 11.7 Å². The molecule has 0 unspecified atom stereocenters. The van der Waals surface area contributed by atoms with Crippen LogP contribution < -0.4 is 10.5 Å². The summed E-state index contributed by atoms with van der Waals surface area (Å²) in [4.78, 5) is 11.7. The highest BCUT2D eigenvalue weighted by molar-refractivity contribution is 5.91. The molecular weight excluding hydrogens is 258 g/mol. The van der Waals surface area contributed by atoms with Crippen molar-refractivity contribution in [3.05, 3.63) is 60.2 Å². The van der Waals surface area contributed by atoms with Crippen molar-refractivity contribution in [3.8, 4) is 5.75 Å². The van der Waals surface area contributed by atoms with Crippen molar-refractivity contribution < 1.29 is 19.7 Å². The lowest BCUT2D eigenvalue weighted by molar-refractivity contribution is 0.0735. The van der Waals surface area contributed by atoms with E-state index in [0.29, 0.717) is 17.0 Å². The lowest BCUT2D eigenvalue weighted by Crippen LogP contribution is -2.08. The average Bonchev–Trinajstić information content (AvgIpc) is 2.48. The number of hydrogen-bond donors (Lipinski definition) is 3. The van der Waals surface area contributed by atoms with E-state index < -0.39 is 5.97 Å². The van der Waals surface area contributed by atoms with Gasteiger partial charge in [0.1, 0.15) is 5.75 Å². The Balaban J connectivity index is 0.000000444. The number of nitrogen functional groups attached to an aromatic ring is 1. The number of aliphatic hydroxyl groups is 2. The van der Waals surface area contributed by atoms with Crippen LogP contribution in [0.3, 0.4) is 0 Å². The number of carbonyl (C=O) groups is 1. The van der Waals surface area contributed by atoms with E-state index >= 15 is 0 Å². The van der Waals surface area contributed by atoms with Gasteiger partial charge in [-0.25, -0.2) is 4.79 Å². The van der Waals surface area contributed by atoms with Gasteiger partial charge in [-0.1, -0.05) is 24.3 Å². The van der Waals surface area contributed by atoms with Gasteiger partial charge in [0.2, 0.25) is 0 Å². The molecule has 2 rings (SSSR count). The SMILES string of the molecule is Nc1cccc(C(=O)Oc2ccccc2)c1.OCCO. The Morgan fingerprint density at radius 3 is 2.20 bits per heavy atom. The molecule has 0 bridgehead atoms. The van der Waals surface area contributed by atoms with Gasteiger partial charge in [-0.05, 0) is 30.3 Å². The molecule has 0 atom stereocenters. The van der Waals surface area contributed by atoms with Gasteiger partial charge < -0.3 is 20.7 Å². The first-order chi connectivity index (χ1) is 9.67. The second kappa shape index (κ2) is 8.68. The molecule has 0 saturated carbocycles. The molecule has 0 aliphatic heterocycles. The standard InChI is InChI=1S/C13H11NO2.C2H6O2/c14-11-6-4-5-10(9-11)13(15)16-12-7-2-1-3-8-12;3-1-2-4/h1-9H,14H2;3-4H,1-2H2. The van der Waals surface area contributed by atoms with E-state index in [4.69, 9.17) is 20.7 Å². The molecule has 2 aromatic rings. The van der Waals surface area contributed by atoms with E-state index in [2.05, 4.69) is 0 Å². The summed E-state index contributed by atoms with van der Waals surface area (Å²) in [6.07, 6.45) is 0. The third-order valence-corrected chi connectivity index (χ3v) is 2.18. The third kappa shape index (κ3) is 5.51. The number of benzene rings is 2. The van der Waals surface area contributed by atoms with Crippen molar-refractivity contribution in [2.24, 2.45) is 0 Å². The van der Waals surface area contributed by atoms with Gasteiger partial charge in [-0.15, -0.1) is 0 Å². The second-order valence-corrected chi connectivity index (χ2v) is 3.78. The van der Waals surface area contributed by atoms with Gasteiger partial charge in [-0.3, -0.25) is 0 Å². The van der Waals surface area contributed by atoms with Gasteiger partial charge in [-0.2, -0.15) is 0 Å². The molecule has 0 radical (unpaired) electrons. The molecule has 106 valence electrons. The fourth-order valence-electron chi connectivity index (χ4n) is 1.32. The van der Waals surface area contributed by atoms with Crippen molar-refractivity contribution in [3.63, 3.8) is 0 Å². The summed E-state index contributed by atoms with van der Waals surface area (Å²) in [5.41, 5.74) is 6.57. The number of hydrogen-bond acceptors (Lipinski definition) is 5. The first-order valence-corrected chi connectivity index (χ1v) is 6.02. The fourth-order valence-corrected chi connectivity index (χ4v) is 1.32. The molecule has 0 saturated heterocycles. The number of carbonyl (C=O) groups excluding carboxylic acids is 1. The Labute approximate surface area is 117 Å². The van der Waals surface area contributed by atoms with Crippen LogP contribution in [0.1, 0.15) is 10.4 Å². The van der Waals surface area contributed by atoms with Crippen molar-refractivity contribution in [2.75, 3.05) is 18.9 Å². The van der Waals surface area contributed by atoms with Crippen LogP contribution in [0, 0.1) is 0 Å². The van der Waals surface area contributed by atoms with Gasteiger partial charge in [0, 0.05) is 5.69 Å². The van der Waals surface area contributed by atoms with Crippen molar-refractivity contribution in [1.29, 1.82) is 0 Å². The number of rotatable bonds is 3. The van der Waals surface area contributed by atoms with Crippen LogP contribution in [0.25, 0.3) is 0 Å². The van der Waals surface area contributed by atoms with Crippen LogP contribution in [0.5, 0.6) is 5.75 Å². The first-order valence-electron chi connectivity index (χ1n) is 6.02. The predicted molar refractivity (Wildman–Crippen MR) is 76.4 cm³/mol. The van der Waals surface area contributed by atoms with E-state index in [1.165, 1.54) is 0 Å². The fraction of sp³-hybridized carbons (Fsp3) is 0.133. The molecule has 0 fully saturated rings. The summed E-state index contributed by atoms with van der Waals surface area (Å²) in [5, 5.41) is 15.2. The van der Waals surface area contributed by atoms with Gasteiger partial charge >= 0.3 is 5.97 Å². The molecule has 4 N–H and O–H groups in total. The van der Waals surface area contributed by atoms with E-state index in [1.807, 2.05) is 18.2 Å². The summed E-state index contributed by atoms with van der Waals surface area (Å²) in [7, 11) is 0. The zero-order chi connectivity index (χ0) is 14.8. The van der Waals surface area contributed by atoms with Crippen LogP contribution in [0.4, 0.5) is 5.69 Å². The van der Waals surface area contributed by atoms with Gasteiger partial charge in [0.05, 0.1) is 18.8 Å². The Bertz CT molecular complexity index is 526. The molecule has 0 heterocycles. The van der Waals surface area contributed by atoms with Gasteiger partial charge in [0.25, 0.3) is 0 Å². The number of anilines is 1. The summed E-state index contributed by atoms with van der Waals surface area (Å²) < 4.78 is 5.16. The van der Waals surface area contributed by atoms with Crippen molar-refractivity contribution in [2.45, 2.75) is 0 Å². The highest BCUT2D eigenvalue weighted by atomic mass is 16.5. The lowest BCUT2D eigenvalue weighted by Gasteiger charge is -2.04. The molecule has 0 aliphatic carbocycles. The number of esters is 1. The van der Waals surface area contributed by atoms with Crippen LogP contribution in [0.15, 0.2) is 54.6 Å². The maximum Gasteiger partial charge on any atom is 0.343 e. The third-order valence-electron chi connectivity index (χ3n) is 2.18. The van der Waals surface area contributed by atoms with E-state index in [1.54, 1.807) is 36.4 Å². The minimum atomic E-state index is -0.404.